The van der Waals surface area contributed by atoms with E-state index < -0.39 is 11.6 Å². The smallest absolute Gasteiger partial charge is 0.343 e. The first-order valence-corrected chi connectivity index (χ1v) is 11.4. The number of thiazole rings is 1. The van der Waals surface area contributed by atoms with Crippen molar-refractivity contribution < 1.29 is 24.6 Å². The third-order valence-corrected chi connectivity index (χ3v) is 7.18. The summed E-state index contributed by atoms with van der Waals surface area (Å²) in [7, 11) is 4.55. The lowest BCUT2D eigenvalue weighted by Crippen LogP contribution is -2.48. The van der Waals surface area contributed by atoms with Gasteiger partial charge in [-0.25, -0.2) is 14.8 Å². The minimum atomic E-state index is -1.15. The maximum absolute atomic E-state index is 12.1. The molecular formula is C24H27N3O5S. The van der Waals surface area contributed by atoms with E-state index in [2.05, 4.69) is 0 Å². The Balaban J connectivity index is 1.70. The molecule has 1 saturated heterocycles. The SMILES string of the molecule is COc1ccc(-c2nc(C3(O)CCN(C(=O)N(C)O)CC3)sc2-c2ccc(OC)cc2)cc1. The Bertz CT molecular complexity index is 1040. The summed E-state index contributed by atoms with van der Waals surface area (Å²) in [6.45, 7) is 0.658. The van der Waals surface area contributed by atoms with E-state index >= 15 is 0 Å². The number of hydroxylamine groups is 2. The van der Waals surface area contributed by atoms with Crippen LogP contribution in [0.3, 0.4) is 0 Å². The van der Waals surface area contributed by atoms with Gasteiger partial charge in [0.15, 0.2) is 0 Å². The number of nitrogens with zero attached hydrogens (tertiary/aromatic N) is 3. The predicted molar refractivity (Wildman–Crippen MR) is 126 cm³/mol. The highest BCUT2D eigenvalue weighted by Crippen LogP contribution is 2.44. The lowest BCUT2D eigenvalue weighted by Gasteiger charge is -2.37. The molecule has 2 N–H and O–H groups in total. The summed E-state index contributed by atoms with van der Waals surface area (Å²) in [5, 5.41) is 22.1. The summed E-state index contributed by atoms with van der Waals surface area (Å²) in [5.74, 6) is 1.52. The van der Waals surface area contributed by atoms with Crippen LogP contribution in [-0.4, -0.2) is 65.6 Å². The molecule has 4 rings (SSSR count). The van der Waals surface area contributed by atoms with Gasteiger partial charge in [0.25, 0.3) is 0 Å². The molecule has 33 heavy (non-hydrogen) atoms. The number of hydrogen-bond donors (Lipinski definition) is 2. The molecule has 0 radical (unpaired) electrons. The van der Waals surface area contributed by atoms with Gasteiger partial charge in [-0.3, -0.25) is 5.21 Å². The first-order valence-electron chi connectivity index (χ1n) is 10.6. The molecule has 1 aromatic heterocycles. The Morgan fingerprint density at radius 1 is 1.00 bits per heavy atom. The molecule has 9 heteroatoms. The van der Waals surface area contributed by atoms with Crippen molar-refractivity contribution >= 4 is 17.4 Å². The van der Waals surface area contributed by atoms with Crippen LogP contribution in [0.1, 0.15) is 17.8 Å². The Hall–Kier alpha value is -3.14. The monoisotopic (exact) mass is 469 g/mol. The van der Waals surface area contributed by atoms with Crippen LogP contribution in [0.2, 0.25) is 0 Å². The van der Waals surface area contributed by atoms with Gasteiger partial charge in [0.05, 0.1) is 24.8 Å². The summed E-state index contributed by atoms with van der Waals surface area (Å²) in [5.41, 5.74) is 1.53. The maximum atomic E-state index is 12.1. The average Bonchev–Trinajstić information content (AvgIpc) is 3.30. The highest BCUT2D eigenvalue weighted by molar-refractivity contribution is 7.15. The van der Waals surface area contributed by atoms with E-state index in [1.165, 1.54) is 23.3 Å². The number of aromatic nitrogens is 1. The molecule has 2 heterocycles. The van der Waals surface area contributed by atoms with Crippen molar-refractivity contribution in [1.82, 2.24) is 14.9 Å². The van der Waals surface area contributed by atoms with Gasteiger partial charge in [0, 0.05) is 38.5 Å². The van der Waals surface area contributed by atoms with Crippen molar-refractivity contribution in [2.75, 3.05) is 34.4 Å². The summed E-state index contributed by atoms with van der Waals surface area (Å²) in [6, 6.07) is 15.0. The fourth-order valence-electron chi connectivity index (χ4n) is 3.89. The van der Waals surface area contributed by atoms with E-state index in [0.29, 0.717) is 36.0 Å². The van der Waals surface area contributed by atoms with Gasteiger partial charge in [-0.15, -0.1) is 11.3 Å². The van der Waals surface area contributed by atoms with Gasteiger partial charge in [-0.2, -0.15) is 0 Å². The zero-order chi connectivity index (χ0) is 23.6. The van der Waals surface area contributed by atoms with Crippen molar-refractivity contribution in [3.05, 3.63) is 53.5 Å². The van der Waals surface area contributed by atoms with Crippen LogP contribution in [0, 0.1) is 0 Å². The number of hydrogen-bond acceptors (Lipinski definition) is 7. The number of benzene rings is 2. The third kappa shape index (κ3) is 4.66. The number of methoxy groups -OCH3 is 2. The fourth-order valence-corrected chi connectivity index (χ4v) is 5.13. The van der Waals surface area contributed by atoms with Gasteiger partial charge in [0.1, 0.15) is 22.1 Å². The lowest BCUT2D eigenvalue weighted by molar-refractivity contribution is -0.0557. The highest BCUT2D eigenvalue weighted by Gasteiger charge is 2.39. The molecule has 0 aliphatic carbocycles. The number of ether oxygens (including phenoxy) is 2. The van der Waals surface area contributed by atoms with Crippen molar-refractivity contribution in [2.45, 2.75) is 18.4 Å². The van der Waals surface area contributed by atoms with E-state index in [0.717, 1.165) is 33.2 Å². The molecule has 1 aliphatic rings. The van der Waals surface area contributed by atoms with Crippen molar-refractivity contribution in [3.63, 3.8) is 0 Å². The van der Waals surface area contributed by atoms with Crippen LogP contribution in [0.25, 0.3) is 21.7 Å². The maximum Gasteiger partial charge on any atom is 0.343 e. The largest absolute Gasteiger partial charge is 0.497 e. The first kappa shape index (κ1) is 23.0. The normalized spacial score (nSPS) is 15.2. The molecule has 2 amide bonds. The molecule has 0 saturated carbocycles. The average molecular weight is 470 g/mol. The number of rotatable bonds is 5. The van der Waals surface area contributed by atoms with Crippen molar-refractivity contribution in [3.8, 4) is 33.2 Å². The van der Waals surface area contributed by atoms with Crippen molar-refractivity contribution in [2.24, 2.45) is 0 Å². The minimum absolute atomic E-state index is 0.329. The zero-order valence-electron chi connectivity index (χ0n) is 18.8. The molecule has 0 spiro atoms. The fraction of sp³-hybridized carbons (Fsp3) is 0.333. The van der Waals surface area contributed by atoms with Gasteiger partial charge < -0.3 is 19.5 Å². The summed E-state index contributed by atoms with van der Waals surface area (Å²) >= 11 is 1.46. The summed E-state index contributed by atoms with van der Waals surface area (Å²) in [6.07, 6.45) is 0.675. The van der Waals surface area contributed by atoms with Crippen LogP contribution in [-0.2, 0) is 5.60 Å². The van der Waals surface area contributed by atoms with E-state index in [9.17, 15) is 15.1 Å². The van der Waals surface area contributed by atoms with Gasteiger partial charge >= 0.3 is 6.03 Å². The van der Waals surface area contributed by atoms with Gasteiger partial charge in [-0.1, -0.05) is 0 Å². The van der Waals surface area contributed by atoms with Gasteiger partial charge in [-0.05, 0) is 54.1 Å². The van der Waals surface area contributed by atoms with E-state index in [1.54, 1.807) is 14.2 Å². The Kier molecular flexibility index (Phi) is 6.55. The van der Waals surface area contributed by atoms with Crippen LogP contribution < -0.4 is 9.47 Å². The molecule has 1 fully saturated rings. The Morgan fingerprint density at radius 2 is 1.52 bits per heavy atom. The second kappa shape index (κ2) is 9.38. The molecule has 2 aromatic carbocycles. The highest BCUT2D eigenvalue weighted by atomic mass is 32.1. The Morgan fingerprint density at radius 3 is 2.00 bits per heavy atom. The van der Waals surface area contributed by atoms with Crippen LogP contribution in [0.15, 0.2) is 48.5 Å². The molecule has 3 aromatic rings. The second-order valence-corrected chi connectivity index (χ2v) is 8.98. The van der Waals surface area contributed by atoms with E-state index in [1.807, 2.05) is 48.5 Å². The number of amides is 2. The number of carbonyl (C=O) groups is 1. The molecule has 0 unspecified atom stereocenters. The number of urea groups is 1. The summed E-state index contributed by atoms with van der Waals surface area (Å²) in [4.78, 5) is 19.4. The molecular weight excluding hydrogens is 442 g/mol. The van der Waals surface area contributed by atoms with Crippen LogP contribution in [0.4, 0.5) is 4.79 Å². The van der Waals surface area contributed by atoms with Crippen LogP contribution >= 0.6 is 11.3 Å². The zero-order valence-corrected chi connectivity index (χ0v) is 19.6. The minimum Gasteiger partial charge on any atom is -0.497 e. The quantitative estimate of drug-likeness (QED) is 0.429. The standard InChI is InChI=1S/C24H27N3O5S/c1-26(30)23(28)27-14-12-24(29,13-15-27)22-25-20(16-4-8-18(31-2)9-5-16)21(33-22)17-6-10-19(32-3)11-7-17/h4-11,29-30H,12-15H2,1-3H3. The third-order valence-electron chi connectivity index (χ3n) is 5.88. The predicted octanol–water partition coefficient (Wildman–Crippen LogP) is 4.22. The van der Waals surface area contributed by atoms with Crippen molar-refractivity contribution in [1.29, 1.82) is 0 Å². The first-order chi connectivity index (χ1) is 15.8. The Labute approximate surface area is 196 Å². The van der Waals surface area contributed by atoms with E-state index in [4.69, 9.17) is 14.5 Å². The number of piperidine rings is 1. The lowest BCUT2D eigenvalue weighted by atomic mass is 9.92. The second-order valence-electron chi connectivity index (χ2n) is 7.98. The number of aliphatic hydroxyl groups is 1. The van der Waals surface area contributed by atoms with E-state index in [-0.39, 0.29) is 0 Å². The molecule has 0 bridgehead atoms. The molecule has 0 atom stereocenters. The molecule has 174 valence electrons. The summed E-state index contributed by atoms with van der Waals surface area (Å²) < 4.78 is 10.6. The van der Waals surface area contributed by atoms with Crippen LogP contribution in [0.5, 0.6) is 11.5 Å². The molecule has 1 aliphatic heterocycles. The molecule has 8 nitrogen and oxygen atoms in total. The number of likely N-dealkylation sites (tertiary alicyclic amines) is 1. The topological polar surface area (TPSA) is 95.4 Å². The number of carbonyl (C=O) groups excluding carboxylic acids is 1. The van der Waals surface area contributed by atoms with Gasteiger partial charge in [0.2, 0.25) is 0 Å².